The van der Waals surface area contributed by atoms with Crippen molar-refractivity contribution in [2.24, 2.45) is 11.3 Å². The molecule has 0 aliphatic heterocycles. The van der Waals surface area contributed by atoms with Crippen LogP contribution >= 0.6 is 27.7 Å². The molecule has 1 aromatic heterocycles. The summed E-state index contributed by atoms with van der Waals surface area (Å²) in [6, 6.07) is 3.78. The predicted molar refractivity (Wildman–Crippen MR) is 68.8 cm³/mol. The molecule has 0 bridgehead atoms. The highest BCUT2D eigenvalue weighted by molar-refractivity contribution is 9.10. The van der Waals surface area contributed by atoms with E-state index in [-0.39, 0.29) is 5.91 Å². The number of hydrazine groups is 1. The fourth-order valence-corrected chi connectivity index (χ4v) is 2.56. The minimum absolute atomic E-state index is 0.174. The Morgan fingerprint density at radius 1 is 1.69 bits per heavy atom. The summed E-state index contributed by atoms with van der Waals surface area (Å²) in [6.07, 6.45) is 1.73. The molecule has 0 aromatic carbocycles. The van der Waals surface area contributed by atoms with E-state index in [2.05, 4.69) is 26.3 Å². The second kappa shape index (κ2) is 5.65. The topological polar surface area (TPSA) is 68.0 Å². The Bertz CT molecular complexity index is 384. The number of nitrogens with two attached hydrogens (primary N) is 1. The van der Waals surface area contributed by atoms with E-state index >= 15 is 0 Å². The van der Waals surface area contributed by atoms with Gasteiger partial charge in [0.15, 0.2) is 0 Å². The van der Waals surface area contributed by atoms with Gasteiger partial charge in [-0.15, -0.1) is 11.8 Å². The second-order valence-corrected chi connectivity index (χ2v) is 5.75. The normalized spacial score (nSPS) is 11.2. The van der Waals surface area contributed by atoms with Gasteiger partial charge in [-0.05, 0) is 28.1 Å². The highest BCUT2D eigenvalue weighted by Gasteiger charge is 2.27. The summed E-state index contributed by atoms with van der Waals surface area (Å²) in [5.74, 6) is 5.57. The van der Waals surface area contributed by atoms with Gasteiger partial charge in [-0.3, -0.25) is 10.2 Å². The average molecular weight is 304 g/mol. The lowest BCUT2D eigenvalue weighted by molar-refractivity contribution is -0.128. The molecule has 0 saturated heterocycles. The zero-order valence-electron chi connectivity index (χ0n) is 9.16. The number of thioether (sulfide) groups is 1. The molecule has 0 saturated carbocycles. The summed E-state index contributed by atoms with van der Waals surface area (Å²) in [4.78, 5) is 15.7. The van der Waals surface area contributed by atoms with Gasteiger partial charge in [-0.2, -0.15) is 0 Å². The van der Waals surface area contributed by atoms with Crippen LogP contribution in [0.25, 0.3) is 0 Å². The molecule has 0 aliphatic rings. The van der Waals surface area contributed by atoms with Gasteiger partial charge in [0.1, 0.15) is 5.03 Å². The van der Waals surface area contributed by atoms with Crippen molar-refractivity contribution in [3.63, 3.8) is 0 Å². The highest BCUT2D eigenvalue weighted by atomic mass is 79.9. The average Bonchev–Trinajstić information content (AvgIpc) is 2.27. The molecule has 1 heterocycles. The lowest BCUT2D eigenvalue weighted by atomic mass is 9.96. The molecular formula is C10H14BrN3OS. The number of hydrogen-bond acceptors (Lipinski definition) is 4. The number of amides is 1. The van der Waals surface area contributed by atoms with Crippen LogP contribution < -0.4 is 11.3 Å². The molecule has 88 valence electrons. The SMILES string of the molecule is CC(C)(CSc1ncccc1Br)C(=O)NN. The van der Waals surface area contributed by atoms with E-state index in [0.717, 1.165) is 9.50 Å². The summed E-state index contributed by atoms with van der Waals surface area (Å²) in [6.45, 7) is 3.69. The largest absolute Gasteiger partial charge is 0.294 e. The van der Waals surface area contributed by atoms with E-state index in [1.807, 2.05) is 26.0 Å². The lowest BCUT2D eigenvalue weighted by Crippen LogP contribution is -2.42. The summed E-state index contributed by atoms with van der Waals surface area (Å²) in [5.41, 5.74) is 1.65. The summed E-state index contributed by atoms with van der Waals surface area (Å²) >= 11 is 4.93. The Kier molecular flexibility index (Phi) is 4.76. The van der Waals surface area contributed by atoms with Gasteiger partial charge >= 0.3 is 0 Å². The van der Waals surface area contributed by atoms with E-state index in [4.69, 9.17) is 5.84 Å². The molecule has 4 nitrogen and oxygen atoms in total. The number of carbonyl (C=O) groups excluding carboxylic acids is 1. The maximum Gasteiger partial charge on any atom is 0.240 e. The van der Waals surface area contributed by atoms with Gasteiger partial charge in [0.25, 0.3) is 0 Å². The van der Waals surface area contributed by atoms with Crippen LogP contribution in [0.15, 0.2) is 27.8 Å². The summed E-state index contributed by atoms with van der Waals surface area (Å²) < 4.78 is 0.934. The van der Waals surface area contributed by atoms with Gasteiger partial charge in [0.2, 0.25) is 5.91 Å². The Morgan fingerprint density at radius 2 is 2.38 bits per heavy atom. The Balaban J connectivity index is 2.65. The molecule has 1 amide bonds. The van der Waals surface area contributed by atoms with Gasteiger partial charge in [-0.1, -0.05) is 13.8 Å². The van der Waals surface area contributed by atoms with E-state index in [0.29, 0.717) is 5.75 Å². The zero-order valence-corrected chi connectivity index (χ0v) is 11.6. The first-order valence-electron chi connectivity index (χ1n) is 4.72. The van der Waals surface area contributed by atoms with Gasteiger partial charge in [0, 0.05) is 16.4 Å². The summed E-state index contributed by atoms with van der Waals surface area (Å²) in [7, 11) is 0. The molecule has 0 fully saturated rings. The molecule has 1 aromatic rings. The third-order valence-corrected chi connectivity index (χ3v) is 4.41. The van der Waals surface area contributed by atoms with E-state index in [9.17, 15) is 4.79 Å². The second-order valence-electron chi connectivity index (χ2n) is 3.94. The van der Waals surface area contributed by atoms with Crippen molar-refractivity contribution in [2.75, 3.05) is 5.75 Å². The molecule has 16 heavy (non-hydrogen) atoms. The Hall–Kier alpha value is -0.590. The molecule has 0 aliphatic carbocycles. The number of halogens is 1. The van der Waals surface area contributed by atoms with Gasteiger partial charge in [-0.25, -0.2) is 10.8 Å². The van der Waals surface area contributed by atoms with Crippen LogP contribution in [0.4, 0.5) is 0 Å². The van der Waals surface area contributed by atoms with Crippen molar-refractivity contribution >= 4 is 33.6 Å². The van der Waals surface area contributed by atoms with Crippen LogP contribution in [0, 0.1) is 5.41 Å². The number of aromatic nitrogens is 1. The van der Waals surface area contributed by atoms with Crippen LogP contribution in [-0.4, -0.2) is 16.6 Å². The lowest BCUT2D eigenvalue weighted by Gasteiger charge is -2.21. The Labute approximate surface area is 107 Å². The summed E-state index contributed by atoms with van der Waals surface area (Å²) in [5, 5.41) is 0.875. The number of carbonyl (C=O) groups is 1. The van der Waals surface area contributed by atoms with Crippen molar-refractivity contribution in [2.45, 2.75) is 18.9 Å². The van der Waals surface area contributed by atoms with Crippen molar-refractivity contribution in [1.82, 2.24) is 10.4 Å². The number of hydrogen-bond donors (Lipinski definition) is 2. The van der Waals surface area contributed by atoms with Gasteiger partial charge < -0.3 is 0 Å². The predicted octanol–water partition coefficient (Wildman–Crippen LogP) is 1.95. The Morgan fingerprint density at radius 3 is 2.94 bits per heavy atom. The monoisotopic (exact) mass is 303 g/mol. The molecule has 0 unspecified atom stereocenters. The smallest absolute Gasteiger partial charge is 0.240 e. The van der Waals surface area contributed by atoms with E-state index < -0.39 is 5.41 Å². The fraction of sp³-hybridized carbons (Fsp3) is 0.400. The molecule has 0 atom stereocenters. The first-order valence-corrected chi connectivity index (χ1v) is 6.49. The molecule has 1 rings (SSSR count). The minimum atomic E-state index is -0.517. The van der Waals surface area contributed by atoms with Crippen molar-refractivity contribution < 1.29 is 4.79 Å². The molecule has 3 N–H and O–H groups in total. The molecular weight excluding hydrogens is 290 g/mol. The quantitative estimate of drug-likeness (QED) is 0.386. The van der Waals surface area contributed by atoms with E-state index in [1.54, 1.807) is 6.20 Å². The standard InChI is InChI=1S/C10H14BrN3OS/c1-10(2,9(15)14-12)6-16-8-7(11)4-3-5-13-8/h3-5H,6,12H2,1-2H3,(H,14,15). The third kappa shape index (κ3) is 3.47. The molecule has 0 radical (unpaired) electrons. The zero-order chi connectivity index (χ0) is 12.2. The van der Waals surface area contributed by atoms with Crippen molar-refractivity contribution in [3.8, 4) is 0 Å². The van der Waals surface area contributed by atoms with Crippen molar-refractivity contribution in [3.05, 3.63) is 22.8 Å². The minimum Gasteiger partial charge on any atom is -0.294 e. The van der Waals surface area contributed by atoms with Crippen LogP contribution in [0.3, 0.4) is 0 Å². The van der Waals surface area contributed by atoms with E-state index in [1.165, 1.54) is 11.8 Å². The maximum absolute atomic E-state index is 11.5. The van der Waals surface area contributed by atoms with Crippen LogP contribution in [0.1, 0.15) is 13.8 Å². The highest BCUT2D eigenvalue weighted by Crippen LogP contribution is 2.30. The van der Waals surface area contributed by atoms with Crippen LogP contribution in [0.5, 0.6) is 0 Å². The number of pyridine rings is 1. The number of rotatable bonds is 4. The fourth-order valence-electron chi connectivity index (χ4n) is 0.987. The van der Waals surface area contributed by atoms with Crippen LogP contribution in [0.2, 0.25) is 0 Å². The maximum atomic E-state index is 11.5. The van der Waals surface area contributed by atoms with Gasteiger partial charge in [0.05, 0.1) is 5.41 Å². The number of nitrogens with one attached hydrogen (secondary N) is 1. The molecule has 6 heteroatoms. The first-order chi connectivity index (χ1) is 7.47. The third-order valence-electron chi connectivity index (χ3n) is 2.04. The molecule has 0 spiro atoms. The number of nitrogens with zero attached hydrogens (tertiary/aromatic N) is 1. The first kappa shape index (κ1) is 13.5. The van der Waals surface area contributed by atoms with Crippen LogP contribution in [-0.2, 0) is 4.79 Å². The van der Waals surface area contributed by atoms with Crippen molar-refractivity contribution in [1.29, 1.82) is 0 Å².